The van der Waals surface area contributed by atoms with Crippen molar-refractivity contribution in [2.24, 2.45) is 5.92 Å². The van der Waals surface area contributed by atoms with E-state index in [0.717, 1.165) is 36.6 Å². The van der Waals surface area contributed by atoms with Crippen molar-refractivity contribution in [1.29, 1.82) is 0 Å². The monoisotopic (exact) mass is 451 g/mol. The average Bonchev–Trinajstić information content (AvgIpc) is 3.68. The summed E-state index contributed by atoms with van der Waals surface area (Å²) in [7, 11) is 0. The van der Waals surface area contributed by atoms with E-state index in [0.29, 0.717) is 5.88 Å². The molecule has 0 radical (unpaired) electrons. The summed E-state index contributed by atoms with van der Waals surface area (Å²) in [5.74, 6) is 1.71. The third kappa shape index (κ3) is 11.1. The Balaban J connectivity index is 1.25. The Hall–Kier alpha value is -1.97. The van der Waals surface area contributed by atoms with E-state index in [-0.39, 0.29) is 0 Å². The minimum Gasteiger partial charge on any atom is -0.477 e. The molecule has 1 aliphatic carbocycles. The molecule has 0 unspecified atom stereocenters. The van der Waals surface area contributed by atoms with E-state index in [1.165, 1.54) is 102 Å². The van der Waals surface area contributed by atoms with Crippen molar-refractivity contribution in [3.05, 3.63) is 36.4 Å². The number of pyridine rings is 1. The van der Waals surface area contributed by atoms with Crippen molar-refractivity contribution in [2.45, 2.75) is 116 Å². The third-order valence-electron chi connectivity index (χ3n) is 6.74. The van der Waals surface area contributed by atoms with Crippen molar-refractivity contribution in [3.63, 3.8) is 0 Å². The molecule has 2 aromatic rings. The van der Waals surface area contributed by atoms with Crippen LogP contribution in [0.25, 0.3) is 11.3 Å². The van der Waals surface area contributed by atoms with Gasteiger partial charge in [-0.2, -0.15) is 0 Å². The van der Waals surface area contributed by atoms with Crippen LogP contribution in [0.1, 0.15) is 115 Å². The Kier molecular flexibility index (Phi) is 12.3. The topological polar surface area (TPSA) is 47.9 Å². The number of aromatic nitrogens is 3. The van der Waals surface area contributed by atoms with Crippen LogP contribution >= 0.6 is 0 Å². The van der Waals surface area contributed by atoms with Crippen molar-refractivity contribution < 1.29 is 4.74 Å². The van der Waals surface area contributed by atoms with Crippen molar-refractivity contribution >= 4 is 0 Å². The molecule has 2 heterocycles. The van der Waals surface area contributed by atoms with E-state index in [1.807, 2.05) is 6.20 Å². The summed E-state index contributed by atoms with van der Waals surface area (Å²) in [6.07, 6.45) is 28.2. The molecular formula is C29H45N3O. The molecule has 0 aliphatic heterocycles. The van der Waals surface area contributed by atoms with E-state index in [4.69, 9.17) is 4.74 Å². The third-order valence-corrected chi connectivity index (χ3v) is 6.74. The number of aryl methyl sites for hydroxylation is 1. The Bertz CT molecular complexity index is 740. The van der Waals surface area contributed by atoms with Crippen LogP contribution in [0, 0.1) is 5.92 Å². The smallest absolute Gasteiger partial charge is 0.232 e. The summed E-state index contributed by atoms with van der Waals surface area (Å²) < 4.78 is 5.74. The summed E-state index contributed by atoms with van der Waals surface area (Å²) in [4.78, 5) is 13.6. The van der Waals surface area contributed by atoms with Crippen LogP contribution in [0.5, 0.6) is 5.88 Å². The second-order valence-electron chi connectivity index (χ2n) is 9.85. The first-order valence-electron chi connectivity index (χ1n) is 13.8. The van der Waals surface area contributed by atoms with Crippen molar-refractivity contribution in [1.82, 2.24) is 15.0 Å². The summed E-state index contributed by atoms with van der Waals surface area (Å²) in [5, 5.41) is 0. The van der Waals surface area contributed by atoms with Gasteiger partial charge in [-0.15, -0.1) is 0 Å². The molecule has 3 rings (SSSR count). The Morgan fingerprint density at radius 3 is 2.12 bits per heavy atom. The zero-order chi connectivity index (χ0) is 23.0. The van der Waals surface area contributed by atoms with E-state index in [1.54, 1.807) is 12.4 Å². The first-order valence-corrected chi connectivity index (χ1v) is 13.8. The van der Waals surface area contributed by atoms with Crippen LogP contribution in [-0.2, 0) is 6.42 Å². The van der Waals surface area contributed by atoms with Gasteiger partial charge in [0.25, 0.3) is 0 Å². The van der Waals surface area contributed by atoms with E-state index < -0.39 is 0 Å². The van der Waals surface area contributed by atoms with Gasteiger partial charge >= 0.3 is 0 Å². The molecule has 0 spiro atoms. The molecule has 0 amide bonds. The van der Waals surface area contributed by atoms with Crippen LogP contribution in [0.15, 0.2) is 30.7 Å². The Morgan fingerprint density at radius 2 is 1.45 bits per heavy atom. The average molecular weight is 452 g/mol. The lowest BCUT2D eigenvalue weighted by molar-refractivity contribution is 0.292. The standard InChI is InChI=1S/C29H45N3O/c1-2-3-4-5-11-14-21-33-29-24-31-28(23-32-29)26-19-20-27(30-22-26)16-13-10-8-6-7-9-12-15-25-17-18-25/h19-20,22-25H,2-18,21H2,1H3. The second-order valence-corrected chi connectivity index (χ2v) is 9.85. The van der Waals surface area contributed by atoms with Gasteiger partial charge in [-0.1, -0.05) is 96.8 Å². The number of hydrogen-bond acceptors (Lipinski definition) is 4. The number of unbranched alkanes of at least 4 members (excludes halogenated alkanes) is 11. The summed E-state index contributed by atoms with van der Waals surface area (Å²) >= 11 is 0. The van der Waals surface area contributed by atoms with Crippen LogP contribution in [0.4, 0.5) is 0 Å². The molecular weight excluding hydrogens is 406 g/mol. The molecule has 182 valence electrons. The van der Waals surface area contributed by atoms with Gasteiger partial charge in [0.2, 0.25) is 5.88 Å². The maximum atomic E-state index is 5.74. The number of hydrogen-bond donors (Lipinski definition) is 0. The van der Waals surface area contributed by atoms with Gasteiger partial charge in [-0.25, -0.2) is 9.97 Å². The maximum absolute atomic E-state index is 5.74. The molecule has 0 aromatic carbocycles. The first kappa shape index (κ1) is 25.6. The molecule has 4 nitrogen and oxygen atoms in total. The fourth-order valence-corrected chi connectivity index (χ4v) is 4.35. The van der Waals surface area contributed by atoms with Crippen LogP contribution < -0.4 is 4.74 Å². The SMILES string of the molecule is CCCCCCCCOc1cnc(-c2ccc(CCCCCCCCCC3CC3)nc2)cn1. The Morgan fingerprint density at radius 1 is 0.727 bits per heavy atom. The molecule has 1 aliphatic rings. The molecule has 0 N–H and O–H groups in total. The highest BCUT2D eigenvalue weighted by Gasteiger charge is 2.19. The quantitative estimate of drug-likeness (QED) is 0.201. The zero-order valence-corrected chi connectivity index (χ0v) is 20.9. The summed E-state index contributed by atoms with van der Waals surface area (Å²) in [5.41, 5.74) is 3.04. The molecule has 4 heteroatoms. The largest absolute Gasteiger partial charge is 0.477 e. The minimum atomic E-state index is 0.611. The van der Waals surface area contributed by atoms with Gasteiger partial charge in [0.1, 0.15) is 0 Å². The van der Waals surface area contributed by atoms with Gasteiger partial charge in [0.15, 0.2) is 0 Å². The highest BCUT2D eigenvalue weighted by Crippen LogP contribution is 2.34. The number of ether oxygens (including phenoxy) is 1. The predicted octanol–water partition coefficient (Wildman–Crippen LogP) is 8.35. The molecule has 1 fully saturated rings. The van der Waals surface area contributed by atoms with Crippen molar-refractivity contribution in [3.8, 4) is 17.1 Å². The van der Waals surface area contributed by atoms with Gasteiger partial charge < -0.3 is 4.74 Å². The summed E-state index contributed by atoms with van der Waals surface area (Å²) in [6, 6.07) is 4.25. The maximum Gasteiger partial charge on any atom is 0.232 e. The molecule has 0 bridgehead atoms. The normalized spacial score (nSPS) is 13.4. The minimum absolute atomic E-state index is 0.611. The zero-order valence-electron chi connectivity index (χ0n) is 20.9. The molecule has 0 saturated heterocycles. The number of nitrogens with zero attached hydrogens (tertiary/aromatic N) is 3. The van der Waals surface area contributed by atoms with E-state index >= 15 is 0 Å². The fraction of sp³-hybridized carbons (Fsp3) is 0.690. The predicted molar refractivity (Wildman–Crippen MR) is 137 cm³/mol. The highest BCUT2D eigenvalue weighted by molar-refractivity contribution is 5.56. The molecule has 2 aromatic heterocycles. The fourth-order valence-electron chi connectivity index (χ4n) is 4.35. The molecule has 0 atom stereocenters. The lowest BCUT2D eigenvalue weighted by Gasteiger charge is -2.06. The number of rotatable bonds is 19. The second kappa shape index (κ2) is 15.8. The van der Waals surface area contributed by atoms with Gasteiger partial charge in [0.05, 0.1) is 24.7 Å². The van der Waals surface area contributed by atoms with Crippen LogP contribution in [-0.4, -0.2) is 21.6 Å². The first-order chi connectivity index (χ1) is 16.3. The molecule has 33 heavy (non-hydrogen) atoms. The lowest BCUT2D eigenvalue weighted by atomic mass is 10.0. The van der Waals surface area contributed by atoms with Gasteiger partial charge in [0, 0.05) is 17.5 Å². The highest BCUT2D eigenvalue weighted by atomic mass is 16.5. The van der Waals surface area contributed by atoms with Gasteiger partial charge in [-0.3, -0.25) is 4.98 Å². The van der Waals surface area contributed by atoms with E-state index in [2.05, 4.69) is 34.0 Å². The van der Waals surface area contributed by atoms with Crippen LogP contribution in [0.2, 0.25) is 0 Å². The molecule has 1 saturated carbocycles. The van der Waals surface area contributed by atoms with Crippen molar-refractivity contribution in [2.75, 3.05) is 6.61 Å². The van der Waals surface area contributed by atoms with Crippen LogP contribution in [0.3, 0.4) is 0 Å². The Labute approximate surface area is 202 Å². The lowest BCUT2D eigenvalue weighted by Crippen LogP contribution is -2.00. The van der Waals surface area contributed by atoms with Gasteiger partial charge in [-0.05, 0) is 37.3 Å². The summed E-state index contributed by atoms with van der Waals surface area (Å²) in [6.45, 7) is 2.97. The van der Waals surface area contributed by atoms with E-state index in [9.17, 15) is 0 Å².